The quantitative estimate of drug-likeness (QED) is 0.628. The fraction of sp³-hybridized carbons (Fsp3) is 0.615. The molecule has 0 bridgehead atoms. The van der Waals surface area contributed by atoms with Crippen molar-refractivity contribution in [1.82, 2.24) is 0 Å². The number of carbonyl (C=O) groups is 1. The van der Waals surface area contributed by atoms with Gasteiger partial charge in [0.1, 0.15) is 5.78 Å². The van der Waals surface area contributed by atoms with Gasteiger partial charge >= 0.3 is 6.18 Å². The molecule has 0 aromatic carbocycles. The number of ketones is 1. The van der Waals surface area contributed by atoms with Crippen molar-refractivity contribution in [2.45, 2.75) is 52.6 Å². The predicted molar refractivity (Wildman–Crippen MR) is 62.7 cm³/mol. The van der Waals surface area contributed by atoms with Crippen LogP contribution in [0.1, 0.15) is 46.5 Å². The highest BCUT2D eigenvalue weighted by Crippen LogP contribution is 2.25. The first kappa shape index (κ1) is 15.9. The summed E-state index contributed by atoms with van der Waals surface area (Å²) in [4.78, 5) is 10.7. The SMILES string of the molecule is CC(=O)CCC=C(C)CCC=C(C)C(F)(F)F. The molecule has 0 aliphatic heterocycles. The maximum Gasteiger partial charge on any atom is 0.412 e. The van der Waals surface area contributed by atoms with Crippen LogP contribution in [0.3, 0.4) is 0 Å². The van der Waals surface area contributed by atoms with Crippen molar-refractivity contribution in [3.8, 4) is 0 Å². The summed E-state index contributed by atoms with van der Waals surface area (Å²) >= 11 is 0. The van der Waals surface area contributed by atoms with Gasteiger partial charge in [-0.1, -0.05) is 17.7 Å². The molecule has 0 aliphatic carbocycles. The molecule has 0 spiro atoms. The molecule has 0 saturated carbocycles. The van der Waals surface area contributed by atoms with E-state index in [-0.39, 0.29) is 5.78 Å². The van der Waals surface area contributed by atoms with Crippen LogP contribution >= 0.6 is 0 Å². The first-order valence-electron chi connectivity index (χ1n) is 5.62. The van der Waals surface area contributed by atoms with Gasteiger partial charge < -0.3 is 4.79 Å². The minimum absolute atomic E-state index is 0.127. The molecule has 0 heterocycles. The third-order valence-corrected chi connectivity index (χ3v) is 2.43. The van der Waals surface area contributed by atoms with Gasteiger partial charge in [0.25, 0.3) is 0 Å². The van der Waals surface area contributed by atoms with Crippen LogP contribution in [0.4, 0.5) is 13.2 Å². The van der Waals surface area contributed by atoms with Gasteiger partial charge in [0.15, 0.2) is 0 Å². The van der Waals surface area contributed by atoms with Crippen LogP contribution in [0.15, 0.2) is 23.3 Å². The Morgan fingerprint density at radius 3 is 2.00 bits per heavy atom. The zero-order chi connectivity index (χ0) is 13.5. The van der Waals surface area contributed by atoms with E-state index in [1.54, 1.807) is 0 Å². The van der Waals surface area contributed by atoms with Crippen molar-refractivity contribution in [3.63, 3.8) is 0 Å². The maximum atomic E-state index is 12.1. The molecule has 0 N–H and O–H groups in total. The van der Waals surface area contributed by atoms with Gasteiger partial charge in [0.05, 0.1) is 0 Å². The fourth-order valence-corrected chi connectivity index (χ4v) is 1.26. The van der Waals surface area contributed by atoms with Crippen LogP contribution in [-0.4, -0.2) is 12.0 Å². The second-order valence-corrected chi connectivity index (χ2v) is 4.21. The van der Waals surface area contributed by atoms with E-state index in [1.807, 2.05) is 13.0 Å². The topological polar surface area (TPSA) is 17.1 Å². The molecule has 0 rings (SSSR count). The molecule has 98 valence electrons. The van der Waals surface area contributed by atoms with Crippen LogP contribution in [0.2, 0.25) is 0 Å². The molecule has 4 heteroatoms. The summed E-state index contributed by atoms with van der Waals surface area (Å²) in [5, 5.41) is 0. The number of carbonyl (C=O) groups excluding carboxylic acids is 1. The fourth-order valence-electron chi connectivity index (χ4n) is 1.26. The summed E-state index contributed by atoms with van der Waals surface area (Å²) in [7, 11) is 0. The highest BCUT2D eigenvalue weighted by molar-refractivity contribution is 5.75. The van der Waals surface area contributed by atoms with Gasteiger partial charge in [-0.2, -0.15) is 13.2 Å². The van der Waals surface area contributed by atoms with E-state index < -0.39 is 11.7 Å². The molecule has 0 aromatic rings. The molecule has 0 fully saturated rings. The summed E-state index contributed by atoms with van der Waals surface area (Å²) < 4.78 is 36.4. The number of alkyl halides is 3. The Bertz CT molecular complexity index is 311. The minimum atomic E-state index is -4.22. The maximum absolute atomic E-state index is 12.1. The molecule has 0 amide bonds. The molecule has 0 radical (unpaired) electrons. The summed E-state index contributed by atoms with van der Waals surface area (Å²) in [5.41, 5.74) is 0.478. The second-order valence-electron chi connectivity index (χ2n) is 4.21. The van der Waals surface area contributed by atoms with E-state index in [0.717, 1.165) is 12.5 Å². The van der Waals surface area contributed by atoms with Crippen molar-refractivity contribution < 1.29 is 18.0 Å². The van der Waals surface area contributed by atoms with Gasteiger partial charge in [0, 0.05) is 12.0 Å². The molecule has 0 saturated heterocycles. The molecule has 0 unspecified atom stereocenters. The molecule has 17 heavy (non-hydrogen) atoms. The summed E-state index contributed by atoms with van der Waals surface area (Å²) in [6, 6.07) is 0. The Labute approximate surface area is 100 Å². The van der Waals surface area contributed by atoms with Gasteiger partial charge in [-0.3, -0.25) is 0 Å². The lowest BCUT2D eigenvalue weighted by atomic mass is 10.1. The van der Waals surface area contributed by atoms with Gasteiger partial charge in [-0.25, -0.2) is 0 Å². The summed E-state index contributed by atoms with van der Waals surface area (Å²) in [6.45, 7) is 4.48. The largest absolute Gasteiger partial charge is 0.412 e. The molecular formula is C13H19F3O. The molecule has 1 nitrogen and oxygen atoms in total. The van der Waals surface area contributed by atoms with Crippen LogP contribution in [0.25, 0.3) is 0 Å². The van der Waals surface area contributed by atoms with Crippen molar-refractivity contribution in [2.75, 3.05) is 0 Å². The first-order chi connectivity index (χ1) is 7.73. The van der Waals surface area contributed by atoms with Gasteiger partial charge in [-0.05, 0) is 40.0 Å². The molecule has 0 aliphatic rings. The van der Waals surface area contributed by atoms with Crippen molar-refractivity contribution in [2.24, 2.45) is 0 Å². The highest BCUT2D eigenvalue weighted by Gasteiger charge is 2.29. The van der Waals surface area contributed by atoms with E-state index in [9.17, 15) is 18.0 Å². The van der Waals surface area contributed by atoms with Crippen molar-refractivity contribution in [1.29, 1.82) is 0 Å². The Balaban J connectivity index is 4.00. The average molecular weight is 248 g/mol. The van der Waals surface area contributed by atoms with E-state index in [0.29, 0.717) is 25.7 Å². The third-order valence-electron chi connectivity index (χ3n) is 2.43. The Morgan fingerprint density at radius 2 is 1.53 bits per heavy atom. The number of hydrogen-bond acceptors (Lipinski definition) is 1. The van der Waals surface area contributed by atoms with Crippen LogP contribution < -0.4 is 0 Å². The number of halogens is 3. The van der Waals surface area contributed by atoms with Crippen LogP contribution in [0, 0.1) is 0 Å². The van der Waals surface area contributed by atoms with Crippen molar-refractivity contribution >= 4 is 5.78 Å². The number of Topliss-reactive ketones (excluding diaryl/α,β-unsaturated/α-hetero) is 1. The van der Waals surface area contributed by atoms with E-state index >= 15 is 0 Å². The van der Waals surface area contributed by atoms with E-state index in [2.05, 4.69) is 0 Å². The standard InChI is InChI=1S/C13H19F3O/c1-10(7-5-9-12(3)17)6-4-8-11(2)13(14,15)16/h7-8H,4-6,9H2,1-3H3. The Hall–Kier alpha value is -1.06. The number of hydrogen-bond donors (Lipinski definition) is 0. The van der Waals surface area contributed by atoms with Gasteiger partial charge in [0.2, 0.25) is 0 Å². The lowest BCUT2D eigenvalue weighted by Gasteiger charge is -2.06. The Kier molecular flexibility index (Phi) is 6.85. The zero-order valence-electron chi connectivity index (χ0n) is 10.5. The second kappa shape index (κ2) is 7.30. The molecule has 0 aromatic heterocycles. The zero-order valence-corrected chi connectivity index (χ0v) is 10.5. The number of allylic oxidation sites excluding steroid dienone is 4. The Morgan fingerprint density at radius 1 is 1.00 bits per heavy atom. The van der Waals surface area contributed by atoms with Crippen LogP contribution in [-0.2, 0) is 4.79 Å². The molecular weight excluding hydrogens is 229 g/mol. The summed E-state index contributed by atoms with van der Waals surface area (Å²) in [5.74, 6) is 0.127. The van der Waals surface area contributed by atoms with Crippen LogP contribution in [0.5, 0.6) is 0 Å². The summed E-state index contributed by atoms with van der Waals surface area (Å²) in [6.07, 6.45) is 1.06. The third kappa shape index (κ3) is 8.72. The smallest absolute Gasteiger partial charge is 0.300 e. The van der Waals surface area contributed by atoms with E-state index in [4.69, 9.17) is 0 Å². The minimum Gasteiger partial charge on any atom is -0.300 e. The lowest BCUT2D eigenvalue weighted by molar-refractivity contribution is -0.116. The van der Waals surface area contributed by atoms with Gasteiger partial charge in [-0.15, -0.1) is 0 Å². The van der Waals surface area contributed by atoms with E-state index in [1.165, 1.54) is 13.0 Å². The normalized spacial score (nSPS) is 14.0. The monoisotopic (exact) mass is 248 g/mol. The average Bonchev–Trinajstić information content (AvgIpc) is 2.15. The van der Waals surface area contributed by atoms with Crippen molar-refractivity contribution in [3.05, 3.63) is 23.3 Å². The number of rotatable bonds is 6. The predicted octanol–water partition coefficient (Wildman–Crippen LogP) is 4.59. The highest BCUT2D eigenvalue weighted by atomic mass is 19.4. The molecule has 0 atom stereocenters. The first-order valence-corrected chi connectivity index (χ1v) is 5.62. The lowest BCUT2D eigenvalue weighted by Crippen LogP contribution is -2.08.